The van der Waals surface area contributed by atoms with Gasteiger partial charge in [-0.05, 0) is 19.1 Å². The molecule has 0 amide bonds. The summed E-state index contributed by atoms with van der Waals surface area (Å²) in [7, 11) is 0. The first kappa shape index (κ1) is 12.3. The van der Waals surface area contributed by atoms with E-state index in [1.807, 2.05) is 31.3 Å². The van der Waals surface area contributed by atoms with E-state index >= 15 is 0 Å². The molecule has 0 atom stereocenters. The predicted octanol–water partition coefficient (Wildman–Crippen LogP) is 2.84. The van der Waals surface area contributed by atoms with Gasteiger partial charge in [0.05, 0.1) is 12.1 Å². The molecule has 4 nitrogen and oxygen atoms in total. The summed E-state index contributed by atoms with van der Waals surface area (Å²) in [5, 5.41) is 4.15. The van der Waals surface area contributed by atoms with E-state index in [0.29, 0.717) is 19.1 Å². The van der Waals surface area contributed by atoms with Gasteiger partial charge in [-0.15, -0.1) is 0 Å². The second-order valence-corrected chi connectivity index (χ2v) is 4.34. The van der Waals surface area contributed by atoms with Crippen LogP contribution in [0.25, 0.3) is 10.9 Å². The Morgan fingerprint density at radius 2 is 2.29 bits per heavy atom. The lowest BCUT2D eigenvalue weighted by Gasteiger charge is -2.06. The van der Waals surface area contributed by atoms with Gasteiger partial charge in [0.25, 0.3) is 0 Å². The van der Waals surface area contributed by atoms with E-state index in [2.05, 4.69) is 31.2 Å². The molecule has 17 heavy (non-hydrogen) atoms. The van der Waals surface area contributed by atoms with Crippen LogP contribution in [0.1, 0.15) is 6.92 Å². The SMILES string of the molecule is CCOCCNc1ncc2c(Br)cccc2n1. The summed E-state index contributed by atoms with van der Waals surface area (Å²) in [5.41, 5.74) is 0.924. The van der Waals surface area contributed by atoms with Gasteiger partial charge in [-0.3, -0.25) is 0 Å². The number of aromatic nitrogens is 2. The third-order valence-corrected chi connectivity index (χ3v) is 3.00. The lowest BCUT2D eigenvalue weighted by Crippen LogP contribution is -2.11. The van der Waals surface area contributed by atoms with E-state index in [9.17, 15) is 0 Å². The molecule has 1 N–H and O–H groups in total. The normalized spacial score (nSPS) is 10.7. The Labute approximate surface area is 109 Å². The zero-order chi connectivity index (χ0) is 12.1. The van der Waals surface area contributed by atoms with Gasteiger partial charge in [-0.25, -0.2) is 9.97 Å². The average molecular weight is 296 g/mol. The van der Waals surface area contributed by atoms with Crippen LogP contribution >= 0.6 is 15.9 Å². The highest BCUT2D eigenvalue weighted by molar-refractivity contribution is 9.10. The molecular formula is C12H14BrN3O. The largest absolute Gasteiger partial charge is 0.380 e. The van der Waals surface area contributed by atoms with Crippen molar-refractivity contribution >= 4 is 32.8 Å². The summed E-state index contributed by atoms with van der Waals surface area (Å²) in [6, 6.07) is 5.91. The molecule has 0 bridgehead atoms. The number of halogens is 1. The molecule has 0 spiro atoms. The van der Waals surface area contributed by atoms with Gasteiger partial charge in [-0.2, -0.15) is 0 Å². The fraction of sp³-hybridized carbons (Fsp3) is 0.333. The number of benzene rings is 1. The number of hydrogen-bond donors (Lipinski definition) is 1. The van der Waals surface area contributed by atoms with Crippen LogP contribution in [0.2, 0.25) is 0 Å². The molecule has 0 aliphatic carbocycles. The van der Waals surface area contributed by atoms with Gasteiger partial charge in [0, 0.05) is 29.2 Å². The minimum absolute atomic E-state index is 0.635. The summed E-state index contributed by atoms with van der Waals surface area (Å²) in [5.74, 6) is 0.635. The van der Waals surface area contributed by atoms with Crippen LogP contribution < -0.4 is 5.32 Å². The molecular weight excluding hydrogens is 282 g/mol. The lowest BCUT2D eigenvalue weighted by atomic mass is 10.2. The van der Waals surface area contributed by atoms with Gasteiger partial charge in [0.2, 0.25) is 5.95 Å². The molecule has 2 aromatic rings. The molecule has 0 saturated heterocycles. The van der Waals surface area contributed by atoms with E-state index in [1.165, 1.54) is 0 Å². The van der Waals surface area contributed by atoms with Gasteiger partial charge in [0.15, 0.2) is 0 Å². The molecule has 0 fully saturated rings. The second kappa shape index (κ2) is 5.93. The molecule has 0 unspecified atom stereocenters. The van der Waals surface area contributed by atoms with Crippen LogP contribution in [-0.4, -0.2) is 29.7 Å². The number of rotatable bonds is 5. The lowest BCUT2D eigenvalue weighted by molar-refractivity contribution is 0.158. The van der Waals surface area contributed by atoms with Crippen LogP contribution in [0.3, 0.4) is 0 Å². The highest BCUT2D eigenvalue weighted by Crippen LogP contribution is 2.22. The Kier molecular flexibility index (Phi) is 4.28. The predicted molar refractivity (Wildman–Crippen MR) is 72.2 cm³/mol. The number of ether oxygens (including phenoxy) is 1. The van der Waals surface area contributed by atoms with Gasteiger partial charge in [0.1, 0.15) is 0 Å². The highest BCUT2D eigenvalue weighted by Gasteiger charge is 2.01. The summed E-state index contributed by atoms with van der Waals surface area (Å²) >= 11 is 3.47. The third kappa shape index (κ3) is 3.14. The van der Waals surface area contributed by atoms with Crippen LogP contribution in [0.15, 0.2) is 28.9 Å². The van der Waals surface area contributed by atoms with Crippen molar-refractivity contribution in [1.29, 1.82) is 0 Å². The smallest absolute Gasteiger partial charge is 0.223 e. The number of anilines is 1. The monoisotopic (exact) mass is 295 g/mol. The molecule has 90 valence electrons. The summed E-state index contributed by atoms with van der Waals surface area (Å²) in [6.45, 7) is 4.08. The Balaban J connectivity index is 2.10. The van der Waals surface area contributed by atoms with Crippen molar-refractivity contribution in [2.24, 2.45) is 0 Å². The van der Waals surface area contributed by atoms with Gasteiger partial charge >= 0.3 is 0 Å². The first-order chi connectivity index (χ1) is 8.31. The van der Waals surface area contributed by atoms with E-state index < -0.39 is 0 Å². The van der Waals surface area contributed by atoms with Crippen molar-refractivity contribution in [2.75, 3.05) is 25.1 Å². The first-order valence-electron chi connectivity index (χ1n) is 5.54. The summed E-state index contributed by atoms with van der Waals surface area (Å²) in [6.07, 6.45) is 1.81. The summed E-state index contributed by atoms with van der Waals surface area (Å²) in [4.78, 5) is 8.68. The topological polar surface area (TPSA) is 47.0 Å². The molecule has 1 aromatic carbocycles. The van der Waals surface area contributed by atoms with Crippen molar-refractivity contribution in [3.05, 3.63) is 28.9 Å². The molecule has 2 rings (SSSR count). The fourth-order valence-corrected chi connectivity index (χ4v) is 1.94. The number of hydrogen-bond acceptors (Lipinski definition) is 4. The van der Waals surface area contributed by atoms with Crippen molar-refractivity contribution in [2.45, 2.75) is 6.92 Å². The number of nitrogens with zero attached hydrogens (tertiary/aromatic N) is 2. The van der Waals surface area contributed by atoms with Crippen molar-refractivity contribution in [1.82, 2.24) is 9.97 Å². The Morgan fingerprint density at radius 3 is 3.12 bits per heavy atom. The maximum atomic E-state index is 5.24. The van der Waals surface area contributed by atoms with Crippen LogP contribution in [0.4, 0.5) is 5.95 Å². The minimum atomic E-state index is 0.635. The zero-order valence-electron chi connectivity index (χ0n) is 9.61. The maximum absolute atomic E-state index is 5.24. The fourth-order valence-electron chi connectivity index (χ4n) is 1.48. The number of nitrogens with one attached hydrogen (secondary N) is 1. The van der Waals surface area contributed by atoms with Crippen LogP contribution in [0, 0.1) is 0 Å². The first-order valence-corrected chi connectivity index (χ1v) is 6.33. The Hall–Kier alpha value is -1.20. The average Bonchev–Trinajstić information content (AvgIpc) is 2.35. The van der Waals surface area contributed by atoms with Gasteiger partial charge in [-0.1, -0.05) is 22.0 Å². The molecule has 0 saturated carbocycles. The molecule has 1 aromatic heterocycles. The molecule has 0 aliphatic heterocycles. The Bertz CT molecular complexity index is 504. The molecule has 0 aliphatic rings. The zero-order valence-corrected chi connectivity index (χ0v) is 11.2. The van der Waals surface area contributed by atoms with Crippen molar-refractivity contribution in [3.63, 3.8) is 0 Å². The number of fused-ring (bicyclic) bond motifs is 1. The quantitative estimate of drug-likeness (QED) is 0.862. The Morgan fingerprint density at radius 1 is 1.41 bits per heavy atom. The molecule has 5 heteroatoms. The standard InChI is InChI=1S/C12H14BrN3O/c1-2-17-7-6-14-12-15-8-9-10(13)4-3-5-11(9)16-12/h3-5,8H,2,6-7H2,1H3,(H,14,15,16). The van der Waals surface area contributed by atoms with Crippen molar-refractivity contribution < 1.29 is 4.74 Å². The third-order valence-electron chi connectivity index (χ3n) is 2.31. The van der Waals surface area contributed by atoms with E-state index in [0.717, 1.165) is 22.0 Å². The molecule has 0 radical (unpaired) electrons. The van der Waals surface area contributed by atoms with Gasteiger partial charge < -0.3 is 10.1 Å². The highest BCUT2D eigenvalue weighted by atomic mass is 79.9. The maximum Gasteiger partial charge on any atom is 0.223 e. The van der Waals surface area contributed by atoms with E-state index in [4.69, 9.17) is 4.74 Å². The van der Waals surface area contributed by atoms with Crippen LogP contribution in [0.5, 0.6) is 0 Å². The van der Waals surface area contributed by atoms with Crippen molar-refractivity contribution in [3.8, 4) is 0 Å². The van der Waals surface area contributed by atoms with E-state index in [-0.39, 0.29) is 0 Å². The van der Waals surface area contributed by atoms with E-state index in [1.54, 1.807) is 0 Å². The second-order valence-electron chi connectivity index (χ2n) is 3.49. The molecule has 1 heterocycles. The van der Waals surface area contributed by atoms with Crippen LogP contribution in [-0.2, 0) is 4.74 Å². The minimum Gasteiger partial charge on any atom is -0.380 e. The summed E-state index contributed by atoms with van der Waals surface area (Å²) < 4.78 is 6.25.